The maximum Gasteiger partial charge on any atom is 0.221 e. The van der Waals surface area contributed by atoms with Gasteiger partial charge in [0.05, 0.1) is 18.0 Å². The summed E-state index contributed by atoms with van der Waals surface area (Å²) in [5.74, 6) is 0.0424. The molecule has 7 nitrogen and oxygen atoms in total. The standard InChI is InChI=1S/C20H28N4O3S/c1-14-19(15(2)24(22-14)10-11-28(4,26)27)13-23-9-8-18-17(12-23)6-5-7-20(18)21-16(3)25/h5-7H,8-13H2,1-4H3,(H,21,25). The highest BCUT2D eigenvalue weighted by molar-refractivity contribution is 7.90. The zero-order valence-electron chi connectivity index (χ0n) is 16.9. The van der Waals surface area contributed by atoms with E-state index in [0.717, 1.165) is 48.7 Å². The molecule has 2 aromatic rings. The lowest BCUT2D eigenvalue weighted by molar-refractivity contribution is -0.114. The molecule has 1 aliphatic rings. The van der Waals surface area contributed by atoms with Crippen LogP contribution in [-0.4, -0.2) is 47.6 Å². The molecule has 8 heteroatoms. The molecular weight excluding hydrogens is 376 g/mol. The van der Waals surface area contributed by atoms with Crippen LogP contribution >= 0.6 is 0 Å². The van der Waals surface area contributed by atoms with Crippen molar-refractivity contribution < 1.29 is 13.2 Å². The van der Waals surface area contributed by atoms with Gasteiger partial charge in [-0.05, 0) is 37.5 Å². The van der Waals surface area contributed by atoms with Crippen LogP contribution in [0.4, 0.5) is 5.69 Å². The van der Waals surface area contributed by atoms with Crippen molar-refractivity contribution in [1.29, 1.82) is 0 Å². The largest absolute Gasteiger partial charge is 0.326 e. The summed E-state index contributed by atoms with van der Waals surface area (Å²) >= 11 is 0. The van der Waals surface area contributed by atoms with Crippen molar-refractivity contribution in [2.75, 3.05) is 23.9 Å². The first-order valence-corrected chi connectivity index (χ1v) is 11.5. The monoisotopic (exact) mass is 404 g/mol. The van der Waals surface area contributed by atoms with Crippen LogP contribution in [-0.2, 0) is 40.7 Å². The Kier molecular flexibility index (Phi) is 5.90. The molecule has 3 rings (SSSR count). The number of hydrogen-bond donors (Lipinski definition) is 1. The summed E-state index contributed by atoms with van der Waals surface area (Å²) in [6.07, 6.45) is 2.13. The molecule has 0 bridgehead atoms. The van der Waals surface area contributed by atoms with Crippen LogP contribution in [0.3, 0.4) is 0 Å². The van der Waals surface area contributed by atoms with E-state index in [1.54, 1.807) is 4.68 Å². The predicted octanol–water partition coefficient (Wildman–Crippen LogP) is 2.06. The van der Waals surface area contributed by atoms with Gasteiger partial charge in [-0.25, -0.2) is 8.42 Å². The Hall–Kier alpha value is -2.19. The SMILES string of the molecule is CC(=O)Nc1cccc2c1CCN(Cc1c(C)nn(CCS(C)(=O)=O)c1C)C2. The van der Waals surface area contributed by atoms with Crippen molar-refractivity contribution in [3.63, 3.8) is 0 Å². The van der Waals surface area contributed by atoms with E-state index >= 15 is 0 Å². The van der Waals surface area contributed by atoms with Crippen LogP contribution < -0.4 is 5.32 Å². The van der Waals surface area contributed by atoms with Crippen LogP contribution in [0.15, 0.2) is 18.2 Å². The molecule has 28 heavy (non-hydrogen) atoms. The first-order valence-electron chi connectivity index (χ1n) is 9.45. The normalized spacial score (nSPS) is 14.7. The number of nitrogens with zero attached hydrogens (tertiary/aromatic N) is 3. The van der Waals surface area contributed by atoms with Gasteiger partial charge in [0.15, 0.2) is 0 Å². The van der Waals surface area contributed by atoms with Gasteiger partial charge in [0.25, 0.3) is 0 Å². The van der Waals surface area contributed by atoms with E-state index in [-0.39, 0.29) is 11.7 Å². The smallest absolute Gasteiger partial charge is 0.221 e. The fraction of sp³-hybridized carbons (Fsp3) is 0.500. The summed E-state index contributed by atoms with van der Waals surface area (Å²) in [7, 11) is -3.02. The number of benzene rings is 1. The second kappa shape index (κ2) is 8.05. The second-order valence-electron chi connectivity index (χ2n) is 7.59. The maximum atomic E-state index is 11.5. The Morgan fingerprint density at radius 2 is 2.04 bits per heavy atom. The number of nitrogens with one attached hydrogen (secondary N) is 1. The van der Waals surface area contributed by atoms with Crippen LogP contribution in [0.1, 0.15) is 35.0 Å². The molecule has 1 aromatic heterocycles. The Morgan fingerprint density at radius 3 is 2.71 bits per heavy atom. The summed E-state index contributed by atoms with van der Waals surface area (Å²) in [5.41, 5.74) is 6.49. The maximum absolute atomic E-state index is 11.5. The van der Waals surface area contributed by atoms with Gasteiger partial charge in [-0.3, -0.25) is 14.4 Å². The van der Waals surface area contributed by atoms with Crippen molar-refractivity contribution in [2.45, 2.75) is 46.8 Å². The zero-order valence-corrected chi connectivity index (χ0v) is 17.8. The Bertz CT molecular complexity index is 995. The van der Waals surface area contributed by atoms with Crippen molar-refractivity contribution in [3.8, 4) is 0 Å². The number of fused-ring (bicyclic) bond motifs is 1. The molecule has 0 aliphatic carbocycles. The van der Waals surface area contributed by atoms with E-state index < -0.39 is 9.84 Å². The fourth-order valence-electron chi connectivity index (χ4n) is 3.77. The van der Waals surface area contributed by atoms with Gasteiger partial charge in [0.1, 0.15) is 9.84 Å². The average Bonchev–Trinajstić information content (AvgIpc) is 2.86. The van der Waals surface area contributed by atoms with Crippen LogP contribution in [0.5, 0.6) is 0 Å². The van der Waals surface area contributed by atoms with Gasteiger partial charge in [-0.2, -0.15) is 5.10 Å². The second-order valence-corrected chi connectivity index (χ2v) is 9.85. The number of hydrogen-bond acceptors (Lipinski definition) is 5. The summed E-state index contributed by atoms with van der Waals surface area (Å²) in [6.45, 7) is 8.39. The van der Waals surface area contributed by atoms with E-state index in [1.165, 1.54) is 24.3 Å². The molecule has 0 saturated heterocycles. The van der Waals surface area contributed by atoms with Crippen LogP contribution in [0, 0.1) is 13.8 Å². The van der Waals surface area contributed by atoms with E-state index in [2.05, 4.69) is 21.4 Å². The van der Waals surface area contributed by atoms with E-state index in [4.69, 9.17) is 0 Å². The molecule has 0 atom stereocenters. The van der Waals surface area contributed by atoms with Crippen molar-refractivity contribution >= 4 is 21.4 Å². The third kappa shape index (κ3) is 4.80. The van der Waals surface area contributed by atoms with Gasteiger partial charge in [0.2, 0.25) is 5.91 Å². The molecule has 1 N–H and O–H groups in total. The highest BCUT2D eigenvalue weighted by Crippen LogP contribution is 2.28. The molecule has 152 valence electrons. The lowest BCUT2D eigenvalue weighted by Gasteiger charge is -2.30. The van der Waals surface area contributed by atoms with Gasteiger partial charge >= 0.3 is 0 Å². The quantitative estimate of drug-likeness (QED) is 0.797. The van der Waals surface area contributed by atoms with Crippen molar-refractivity contribution in [3.05, 3.63) is 46.3 Å². The highest BCUT2D eigenvalue weighted by atomic mass is 32.2. The highest BCUT2D eigenvalue weighted by Gasteiger charge is 2.22. The zero-order chi connectivity index (χ0) is 20.5. The van der Waals surface area contributed by atoms with E-state index in [0.29, 0.717) is 6.54 Å². The van der Waals surface area contributed by atoms with Gasteiger partial charge in [-0.1, -0.05) is 12.1 Å². The average molecular weight is 405 g/mol. The third-order valence-corrected chi connectivity index (χ3v) is 6.17. The summed E-state index contributed by atoms with van der Waals surface area (Å²) in [4.78, 5) is 13.8. The lowest BCUT2D eigenvalue weighted by Crippen LogP contribution is -2.31. The summed E-state index contributed by atoms with van der Waals surface area (Å²) in [5, 5.41) is 7.47. The first kappa shape index (κ1) is 20.5. The van der Waals surface area contributed by atoms with Gasteiger partial charge in [-0.15, -0.1) is 0 Å². The van der Waals surface area contributed by atoms with Gasteiger partial charge in [0, 0.05) is 49.8 Å². The number of carbonyl (C=O) groups is 1. The minimum atomic E-state index is -3.02. The number of carbonyl (C=O) groups excluding carboxylic acids is 1. The van der Waals surface area contributed by atoms with E-state index in [1.807, 2.05) is 26.0 Å². The Balaban J connectivity index is 1.74. The lowest BCUT2D eigenvalue weighted by atomic mass is 9.97. The molecule has 0 radical (unpaired) electrons. The molecule has 1 aliphatic heterocycles. The minimum absolute atomic E-state index is 0.0522. The molecule has 0 fully saturated rings. The number of amides is 1. The predicted molar refractivity (Wildman–Crippen MR) is 110 cm³/mol. The van der Waals surface area contributed by atoms with Crippen molar-refractivity contribution in [1.82, 2.24) is 14.7 Å². The Labute approximate surface area is 166 Å². The van der Waals surface area contributed by atoms with Crippen LogP contribution in [0.25, 0.3) is 0 Å². The molecule has 2 heterocycles. The van der Waals surface area contributed by atoms with E-state index in [9.17, 15) is 13.2 Å². The van der Waals surface area contributed by atoms with Crippen molar-refractivity contribution in [2.24, 2.45) is 0 Å². The first-order chi connectivity index (χ1) is 13.1. The fourth-order valence-corrected chi connectivity index (χ4v) is 4.27. The molecular formula is C20H28N4O3S. The summed E-state index contributed by atoms with van der Waals surface area (Å²) < 4.78 is 24.7. The molecule has 0 spiro atoms. The topological polar surface area (TPSA) is 84.3 Å². The third-order valence-electron chi connectivity index (χ3n) is 5.24. The molecule has 1 amide bonds. The number of rotatable bonds is 6. The molecule has 0 saturated carbocycles. The minimum Gasteiger partial charge on any atom is -0.326 e. The van der Waals surface area contributed by atoms with Crippen LogP contribution in [0.2, 0.25) is 0 Å². The number of sulfone groups is 1. The molecule has 1 aromatic carbocycles. The number of aromatic nitrogens is 2. The number of aryl methyl sites for hydroxylation is 2. The molecule has 0 unspecified atom stereocenters. The van der Waals surface area contributed by atoms with Gasteiger partial charge < -0.3 is 5.32 Å². The Morgan fingerprint density at radius 1 is 1.29 bits per heavy atom. The number of anilines is 1. The summed E-state index contributed by atoms with van der Waals surface area (Å²) in [6, 6.07) is 6.05.